The van der Waals surface area contributed by atoms with E-state index in [9.17, 15) is 4.79 Å². The molecule has 0 bridgehead atoms. The van der Waals surface area contributed by atoms with Crippen LogP contribution in [0.25, 0.3) is 0 Å². The van der Waals surface area contributed by atoms with Crippen LogP contribution in [0.2, 0.25) is 0 Å². The maximum Gasteiger partial charge on any atom is 0.337 e. The number of aliphatic imine (C=N–C) groups is 1. The molecule has 0 saturated heterocycles. The smallest absolute Gasteiger partial charge is 0.337 e. The van der Waals surface area contributed by atoms with Gasteiger partial charge in [0.1, 0.15) is 0 Å². The second-order valence-corrected chi connectivity index (χ2v) is 6.22. The van der Waals surface area contributed by atoms with Gasteiger partial charge in [0.05, 0.1) is 12.7 Å². The highest BCUT2D eigenvalue weighted by molar-refractivity contribution is 14.0. The number of halogens is 1. The summed E-state index contributed by atoms with van der Waals surface area (Å²) in [4.78, 5) is 15.7. The fourth-order valence-corrected chi connectivity index (χ4v) is 2.94. The number of esters is 1. The van der Waals surface area contributed by atoms with Gasteiger partial charge in [0.15, 0.2) is 5.96 Å². The highest BCUT2D eigenvalue weighted by atomic mass is 127. The van der Waals surface area contributed by atoms with Crippen molar-refractivity contribution in [3.05, 3.63) is 47.0 Å². The highest BCUT2D eigenvalue weighted by Gasteiger charge is 2.05. The predicted octanol–water partition coefficient (Wildman–Crippen LogP) is 3.69. The topological polar surface area (TPSA) is 62.7 Å². The summed E-state index contributed by atoms with van der Waals surface area (Å²) in [5.41, 5.74) is 3.32. The highest BCUT2D eigenvalue weighted by Crippen LogP contribution is 2.19. The summed E-state index contributed by atoms with van der Waals surface area (Å²) in [7, 11) is 3.18. The number of carbonyl (C=O) groups excluding carboxylic acids is 1. The molecule has 0 radical (unpaired) electrons. The number of guanidine groups is 1. The largest absolute Gasteiger partial charge is 0.465 e. The van der Waals surface area contributed by atoms with Crippen molar-refractivity contribution in [1.82, 2.24) is 10.6 Å². The molecule has 0 fully saturated rings. The van der Waals surface area contributed by atoms with Crippen molar-refractivity contribution in [3.63, 3.8) is 0 Å². The fraction of sp³-hybridized carbons (Fsp3) is 0.500. The summed E-state index contributed by atoms with van der Waals surface area (Å²) in [5, 5.41) is 6.70. The number of rotatable bonds is 7. The van der Waals surface area contributed by atoms with Gasteiger partial charge in [-0.25, -0.2) is 4.79 Å². The third-order valence-corrected chi connectivity index (χ3v) is 4.43. The van der Waals surface area contributed by atoms with E-state index in [-0.39, 0.29) is 29.9 Å². The summed E-state index contributed by atoms with van der Waals surface area (Å²) in [6, 6.07) is 7.51. The Labute approximate surface area is 173 Å². The molecule has 0 amide bonds. The van der Waals surface area contributed by atoms with Crippen LogP contribution in [0.15, 0.2) is 40.9 Å². The van der Waals surface area contributed by atoms with Crippen LogP contribution in [-0.4, -0.2) is 39.2 Å². The first kappa shape index (κ1) is 22.5. The Kier molecular flexibility index (Phi) is 11.0. The summed E-state index contributed by atoms with van der Waals surface area (Å²) in [6.45, 7) is 1.71. The normalized spacial score (nSPS) is 14.1. The molecule has 0 spiro atoms. The van der Waals surface area contributed by atoms with Gasteiger partial charge in [-0.2, -0.15) is 0 Å². The van der Waals surface area contributed by atoms with E-state index in [1.54, 1.807) is 24.8 Å². The SMILES string of the molecule is CN=C(NCCC1=CCCCC1)NCCc1ccc(C(=O)OC)cc1.I. The van der Waals surface area contributed by atoms with E-state index in [1.165, 1.54) is 38.4 Å². The molecule has 144 valence electrons. The zero-order chi connectivity index (χ0) is 17.9. The standard InChI is InChI=1S/C20H29N3O2.HI/c1-21-20(22-14-12-16-6-4-3-5-7-16)23-15-13-17-8-10-18(11-9-17)19(24)25-2;/h6,8-11H,3-5,7,12-15H2,1-2H3,(H2,21,22,23);1H. The predicted molar refractivity (Wildman–Crippen MR) is 117 cm³/mol. The Hall–Kier alpha value is -1.57. The van der Waals surface area contributed by atoms with Gasteiger partial charge in [-0.3, -0.25) is 4.99 Å². The zero-order valence-corrected chi connectivity index (χ0v) is 18.0. The van der Waals surface area contributed by atoms with Crippen LogP contribution in [-0.2, 0) is 11.2 Å². The van der Waals surface area contributed by atoms with Crippen LogP contribution in [0.5, 0.6) is 0 Å². The molecule has 1 aliphatic rings. The van der Waals surface area contributed by atoms with Crippen molar-refractivity contribution in [2.45, 2.75) is 38.5 Å². The van der Waals surface area contributed by atoms with E-state index < -0.39 is 0 Å². The van der Waals surface area contributed by atoms with E-state index in [0.29, 0.717) is 5.56 Å². The van der Waals surface area contributed by atoms with Crippen LogP contribution in [0, 0.1) is 0 Å². The lowest BCUT2D eigenvalue weighted by molar-refractivity contribution is 0.0600. The monoisotopic (exact) mass is 471 g/mol. The second kappa shape index (κ2) is 12.7. The lowest BCUT2D eigenvalue weighted by Crippen LogP contribution is -2.38. The van der Waals surface area contributed by atoms with Gasteiger partial charge >= 0.3 is 5.97 Å². The number of ether oxygens (including phenoxy) is 1. The number of carbonyl (C=O) groups is 1. The molecule has 2 rings (SSSR count). The molecule has 0 heterocycles. The lowest BCUT2D eigenvalue weighted by Gasteiger charge is -2.15. The number of benzene rings is 1. The van der Waals surface area contributed by atoms with E-state index in [2.05, 4.69) is 21.7 Å². The zero-order valence-electron chi connectivity index (χ0n) is 15.7. The average Bonchev–Trinajstić information content (AvgIpc) is 2.67. The van der Waals surface area contributed by atoms with Crippen molar-refractivity contribution in [3.8, 4) is 0 Å². The quantitative estimate of drug-likeness (QED) is 0.209. The first-order valence-electron chi connectivity index (χ1n) is 9.02. The number of nitrogens with zero attached hydrogens (tertiary/aromatic N) is 1. The van der Waals surface area contributed by atoms with Gasteiger partial charge in [0.25, 0.3) is 0 Å². The Morgan fingerprint density at radius 3 is 2.38 bits per heavy atom. The molecule has 1 aromatic rings. The molecule has 26 heavy (non-hydrogen) atoms. The van der Waals surface area contributed by atoms with Crippen molar-refractivity contribution in [1.29, 1.82) is 0 Å². The Bertz CT molecular complexity index is 612. The molecule has 5 nitrogen and oxygen atoms in total. The maximum atomic E-state index is 11.4. The van der Waals surface area contributed by atoms with Crippen molar-refractivity contribution < 1.29 is 9.53 Å². The molecule has 1 aromatic carbocycles. The van der Waals surface area contributed by atoms with Crippen LogP contribution >= 0.6 is 24.0 Å². The van der Waals surface area contributed by atoms with Gasteiger partial charge in [-0.15, -0.1) is 24.0 Å². The second-order valence-electron chi connectivity index (χ2n) is 6.22. The molecular weight excluding hydrogens is 441 g/mol. The number of hydrogen-bond acceptors (Lipinski definition) is 3. The van der Waals surface area contributed by atoms with Gasteiger partial charge in [0.2, 0.25) is 0 Å². The van der Waals surface area contributed by atoms with Crippen LogP contribution in [0.1, 0.15) is 48.0 Å². The summed E-state index contributed by atoms with van der Waals surface area (Å²) < 4.78 is 4.71. The van der Waals surface area contributed by atoms with Crippen LogP contribution < -0.4 is 10.6 Å². The molecule has 0 atom stereocenters. The molecule has 0 saturated carbocycles. The molecule has 2 N–H and O–H groups in total. The van der Waals surface area contributed by atoms with Crippen molar-refractivity contribution in [2.24, 2.45) is 4.99 Å². The Balaban J connectivity index is 0.00000338. The minimum atomic E-state index is -0.303. The van der Waals surface area contributed by atoms with Crippen molar-refractivity contribution in [2.75, 3.05) is 27.2 Å². The van der Waals surface area contributed by atoms with Crippen LogP contribution in [0.4, 0.5) is 0 Å². The van der Waals surface area contributed by atoms with E-state index in [4.69, 9.17) is 4.74 Å². The number of nitrogens with one attached hydrogen (secondary N) is 2. The first-order valence-corrected chi connectivity index (χ1v) is 9.02. The van der Waals surface area contributed by atoms with E-state index in [1.807, 2.05) is 12.1 Å². The summed E-state index contributed by atoms with van der Waals surface area (Å²) in [5.74, 6) is 0.532. The van der Waals surface area contributed by atoms with Crippen LogP contribution in [0.3, 0.4) is 0 Å². The minimum absolute atomic E-state index is 0. The van der Waals surface area contributed by atoms with E-state index >= 15 is 0 Å². The number of methoxy groups -OCH3 is 1. The molecule has 1 aliphatic carbocycles. The minimum Gasteiger partial charge on any atom is -0.465 e. The van der Waals surface area contributed by atoms with Gasteiger partial charge in [-0.05, 0) is 56.2 Å². The molecule has 0 aromatic heterocycles. The lowest BCUT2D eigenvalue weighted by atomic mass is 9.97. The third-order valence-electron chi connectivity index (χ3n) is 4.43. The maximum absolute atomic E-state index is 11.4. The molecule has 6 heteroatoms. The molecule has 0 aliphatic heterocycles. The summed E-state index contributed by atoms with van der Waals surface area (Å²) >= 11 is 0. The van der Waals surface area contributed by atoms with Gasteiger partial charge in [-0.1, -0.05) is 23.8 Å². The first-order chi connectivity index (χ1) is 12.2. The third kappa shape index (κ3) is 7.76. The van der Waals surface area contributed by atoms with E-state index in [0.717, 1.165) is 31.9 Å². The number of allylic oxidation sites excluding steroid dienone is 1. The summed E-state index contributed by atoms with van der Waals surface area (Å²) in [6.07, 6.45) is 9.49. The Morgan fingerprint density at radius 2 is 1.81 bits per heavy atom. The molecular formula is C20H30IN3O2. The fourth-order valence-electron chi connectivity index (χ4n) is 2.94. The van der Waals surface area contributed by atoms with Gasteiger partial charge < -0.3 is 15.4 Å². The number of hydrogen-bond donors (Lipinski definition) is 2. The Morgan fingerprint density at radius 1 is 1.12 bits per heavy atom. The van der Waals surface area contributed by atoms with Crippen molar-refractivity contribution >= 4 is 35.9 Å². The molecule has 0 unspecified atom stereocenters. The average molecular weight is 471 g/mol. The van der Waals surface area contributed by atoms with Gasteiger partial charge in [0, 0.05) is 20.1 Å².